The highest BCUT2D eigenvalue weighted by Gasteiger charge is 2.44. The fourth-order valence-electron chi connectivity index (χ4n) is 2.71. The van der Waals surface area contributed by atoms with Gasteiger partial charge < -0.3 is 10.1 Å². The van der Waals surface area contributed by atoms with E-state index in [4.69, 9.17) is 16.3 Å². The van der Waals surface area contributed by atoms with Crippen LogP contribution in [-0.2, 0) is 5.41 Å². The standard InChI is InChI=1S/C18H18ClNO2/c1-22-16-8-7-14(19)11-15(16)17(21)20-12-18(9-10-18)13-5-3-2-4-6-13/h2-8,11H,9-10,12H2,1H3,(H,20,21). The lowest BCUT2D eigenvalue weighted by Crippen LogP contribution is -2.32. The van der Waals surface area contributed by atoms with Crippen LogP contribution in [0.25, 0.3) is 0 Å². The molecule has 0 aliphatic heterocycles. The molecular formula is C18H18ClNO2. The van der Waals surface area contributed by atoms with Crippen LogP contribution < -0.4 is 10.1 Å². The molecule has 0 radical (unpaired) electrons. The maximum Gasteiger partial charge on any atom is 0.255 e. The highest BCUT2D eigenvalue weighted by atomic mass is 35.5. The first-order valence-corrected chi connectivity index (χ1v) is 7.70. The number of amides is 1. The van der Waals surface area contributed by atoms with Crippen LogP contribution in [-0.4, -0.2) is 19.6 Å². The molecule has 3 nitrogen and oxygen atoms in total. The molecule has 1 aliphatic carbocycles. The van der Waals surface area contributed by atoms with Crippen molar-refractivity contribution in [3.8, 4) is 5.75 Å². The van der Waals surface area contributed by atoms with Gasteiger partial charge in [0, 0.05) is 17.0 Å². The van der Waals surface area contributed by atoms with Gasteiger partial charge in [-0.15, -0.1) is 0 Å². The Morgan fingerprint density at radius 1 is 1.23 bits per heavy atom. The van der Waals surface area contributed by atoms with E-state index in [0.717, 1.165) is 12.8 Å². The molecular weight excluding hydrogens is 298 g/mol. The van der Waals surface area contributed by atoms with Crippen LogP contribution in [0, 0.1) is 0 Å². The summed E-state index contributed by atoms with van der Waals surface area (Å²) in [6, 6.07) is 15.4. The van der Waals surface area contributed by atoms with Gasteiger partial charge in [0.2, 0.25) is 0 Å². The van der Waals surface area contributed by atoms with E-state index >= 15 is 0 Å². The number of benzene rings is 2. The molecule has 114 valence electrons. The van der Waals surface area contributed by atoms with E-state index in [0.29, 0.717) is 22.9 Å². The zero-order valence-corrected chi connectivity index (χ0v) is 13.2. The van der Waals surface area contributed by atoms with Crippen molar-refractivity contribution in [1.29, 1.82) is 0 Å². The van der Waals surface area contributed by atoms with E-state index in [1.807, 2.05) is 18.2 Å². The average molecular weight is 316 g/mol. The van der Waals surface area contributed by atoms with E-state index in [1.165, 1.54) is 5.56 Å². The van der Waals surface area contributed by atoms with Crippen LogP contribution in [0.1, 0.15) is 28.8 Å². The number of carbonyl (C=O) groups excluding carboxylic acids is 1. The number of methoxy groups -OCH3 is 1. The van der Waals surface area contributed by atoms with Crippen LogP contribution in [0.4, 0.5) is 0 Å². The summed E-state index contributed by atoms with van der Waals surface area (Å²) in [5.74, 6) is 0.382. The third-order valence-electron chi connectivity index (χ3n) is 4.23. The maximum atomic E-state index is 12.4. The van der Waals surface area contributed by atoms with E-state index < -0.39 is 0 Å². The lowest BCUT2D eigenvalue weighted by molar-refractivity contribution is 0.0946. The van der Waals surface area contributed by atoms with Crippen LogP contribution in [0.5, 0.6) is 5.75 Å². The predicted molar refractivity (Wildman–Crippen MR) is 87.7 cm³/mol. The van der Waals surface area contributed by atoms with Crippen molar-refractivity contribution in [2.24, 2.45) is 0 Å². The number of hydrogen-bond acceptors (Lipinski definition) is 2. The van der Waals surface area contributed by atoms with Gasteiger partial charge in [0.15, 0.2) is 0 Å². The maximum absolute atomic E-state index is 12.4. The first-order chi connectivity index (χ1) is 10.6. The molecule has 1 amide bonds. The second-order valence-corrected chi connectivity index (χ2v) is 6.11. The molecule has 0 atom stereocenters. The largest absolute Gasteiger partial charge is 0.496 e. The Balaban J connectivity index is 1.72. The third-order valence-corrected chi connectivity index (χ3v) is 4.47. The smallest absolute Gasteiger partial charge is 0.255 e. The molecule has 0 saturated heterocycles. The van der Waals surface area contributed by atoms with E-state index in [1.54, 1.807) is 25.3 Å². The number of halogens is 1. The summed E-state index contributed by atoms with van der Waals surface area (Å²) in [6.07, 6.45) is 2.20. The van der Waals surface area contributed by atoms with E-state index in [-0.39, 0.29) is 11.3 Å². The minimum absolute atomic E-state index is 0.0860. The molecule has 1 saturated carbocycles. The first kappa shape index (κ1) is 14.9. The Kier molecular flexibility index (Phi) is 4.08. The molecule has 3 rings (SSSR count). The van der Waals surface area contributed by atoms with Gasteiger partial charge in [0.25, 0.3) is 5.91 Å². The summed E-state index contributed by atoms with van der Waals surface area (Å²) in [5, 5.41) is 3.55. The molecule has 0 aromatic heterocycles. The normalized spacial score (nSPS) is 15.2. The summed E-state index contributed by atoms with van der Waals surface area (Å²) in [6.45, 7) is 0.630. The highest BCUT2D eigenvalue weighted by molar-refractivity contribution is 6.31. The number of nitrogens with one attached hydrogen (secondary N) is 1. The minimum Gasteiger partial charge on any atom is -0.496 e. The summed E-state index contributed by atoms with van der Waals surface area (Å²) in [4.78, 5) is 12.4. The van der Waals surface area contributed by atoms with E-state index in [9.17, 15) is 4.79 Å². The van der Waals surface area contributed by atoms with Gasteiger partial charge in [-0.25, -0.2) is 0 Å². The molecule has 2 aromatic carbocycles. The average Bonchev–Trinajstić information content (AvgIpc) is 3.34. The Labute approximate surface area is 135 Å². The first-order valence-electron chi connectivity index (χ1n) is 7.32. The fraction of sp³-hybridized carbons (Fsp3) is 0.278. The monoisotopic (exact) mass is 315 g/mol. The quantitative estimate of drug-likeness (QED) is 0.911. The topological polar surface area (TPSA) is 38.3 Å². The Morgan fingerprint density at radius 2 is 1.95 bits per heavy atom. The number of rotatable bonds is 5. The summed E-state index contributed by atoms with van der Waals surface area (Å²) in [7, 11) is 1.55. The second kappa shape index (κ2) is 6.01. The van der Waals surface area contributed by atoms with Crippen molar-refractivity contribution >= 4 is 17.5 Å². The van der Waals surface area contributed by atoms with Crippen LogP contribution in [0.2, 0.25) is 5.02 Å². The number of hydrogen-bond donors (Lipinski definition) is 1. The minimum atomic E-state index is -0.151. The van der Waals surface area contributed by atoms with Gasteiger partial charge in [0.1, 0.15) is 5.75 Å². The Morgan fingerprint density at radius 3 is 2.59 bits per heavy atom. The summed E-state index contributed by atoms with van der Waals surface area (Å²) < 4.78 is 5.23. The van der Waals surface area contributed by atoms with E-state index in [2.05, 4.69) is 17.4 Å². The van der Waals surface area contributed by atoms with Crippen LogP contribution in [0.15, 0.2) is 48.5 Å². The Bertz CT molecular complexity index is 681. The molecule has 1 fully saturated rings. The number of carbonyl (C=O) groups is 1. The summed E-state index contributed by atoms with van der Waals surface area (Å²) >= 11 is 5.98. The molecule has 1 N–H and O–H groups in total. The zero-order valence-electron chi connectivity index (χ0n) is 12.4. The molecule has 0 unspecified atom stereocenters. The Hall–Kier alpha value is -2.00. The van der Waals surface area contributed by atoms with Crippen molar-refractivity contribution < 1.29 is 9.53 Å². The van der Waals surface area contributed by atoms with Gasteiger partial charge in [-0.2, -0.15) is 0 Å². The van der Waals surface area contributed by atoms with Crippen molar-refractivity contribution in [1.82, 2.24) is 5.32 Å². The predicted octanol–water partition coefficient (Wildman–Crippen LogP) is 3.81. The zero-order chi connectivity index (χ0) is 15.6. The van der Waals surface area contributed by atoms with Gasteiger partial charge in [-0.3, -0.25) is 4.79 Å². The lowest BCUT2D eigenvalue weighted by Gasteiger charge is -2.17. The molecule has 1 aliphatic rings. The fourth-order valence-corrected chi connectivity index (χ4v) is 2.88. The van der Waals surface area contributed by atoms with Gasteiger partial charge in [0.05, 0.1) is 12.7 Å². The second-order valence-electron chi connectivity index (χ2n) is 5.67. The van der Waals surface area contributed by atoms with Crippen molar-refractivity contribution in [3.05, 3.63) is 64.7 Å². The van der Waals surface area contributed by atoms with Gasteiger partial charge >= 0.3 is 0 Å². The molecule has 0 bridgehead atoms. The molecule has 22 heavy (non-hydrogen) atoms. The molecule has 4 heteroatoms. The summed E-state index contributed by atoms with van der Waals surface area (Å²) in [5.41, 5.74) is 1.84. The van der Waals surface area contributed by atoms with Crippen LogP contribution in [0.3, 0.4) is 0 Å². The molecule has 0 spiro atoms. The lowest BCUT2D eigenvalue weighted by atomic mass is 9.96. The van der Waals surface area contributed by atoms with Crippen molar-refractivity contribution in [3.63, 3.8) is 0 Å². The van der Waals surface area contributed by atoms with Crippen LogP contribution >= 0.6 is 11.6 Å². The van der Waals surface area contributed by atoms with Gasteiger partial charge in [-0.1, -0.05) is 41.9 Å². The highest BCUT2D eigenvalue weighted by Crippen LogP contribution is 2.47. The van der Waals surface area contributed by atoms with Gasteiger partial charge in [-0.05, 0) is 36.6 Å². The molecule has 2 aromatic rings. The SMILES string of the molecule is COc1ccc(Cl)cc1C(=O)NCC1(c2ccccc2)CC1. The van der Waals surface area contributed by atoms with Crippen molar-refractivity contribution in [2.75, 3.05) is 13.7 Å². The van der Waals surface area contributed by atoms with Crippen molar-refractivity contribution in [2.45, 2.75) is 18.3 Å². The third kappa shape index (κ3) is 2.95. The molecule has 0 heterocycles. The number of ether oxygens (including phenoxy) is 1.